The maximum atomic E-state index is 4.92. The molecule has 0 amide bonds. The lowest BCUT2D eigenvalue weighted by atomic mass is 10.0. The largest absolute Gasteiger partial charge is 0.308 e. The van der Waals surface area contributed by atoms with Gasteiger partial charge in [0.2, 0.25) is 0 Å². The highest BCUT2D eigenvalue weighted by Gasteiger charge is 2.27. The van der Waals surface area contributed by atoms with Crippen molar-refractivity contribution in [2.75, 3.05) is 0 Å². The van der Waals surface area contributed by atoms with Gasteiger partial charge in [0.1, 0.15) is 4.83 Å². The molecule has 0 aliphatic heterocycles. The van der Waals surface area contributed by atoms with Crippen molar-refractivity contribution >= 4 is 107 Å². The molecule has 0 aliphatic carbocycles. The van der Waals surface area contributed by atoms with Crippen LogP contribution in [0.25, 0.3) is 95.5 Å². The SMILES string of the molecule is c1ccc(-n2c3ccccc3c3c4sc5ncccc5c4c4c(c5ccccc5n4-c4cccc5c4sc4ccccc45)c32)cc1. The van der Waals surface area contributed by atoms with Crippen molar-refractivity contribution in [3.05, 3.63) is 140 Å². The summed E-state index contributed by atoms with van der Waals surface area (Å²) in [5.74, 6) is 0. The molecule has 0 saturated heterocycles. The molecule has 6 aromatic carbocycles. The first-order valence-electron chi connectivity index (χ1n) is 15.5. The minimum Gasteiger partial charge on any atom is -0.308 e. The monoisotopic (exact) mass is 621 g/mol. The molecule has 0 aliphatic rings. The van der Waals surface area contributed by atoms with Crippen molar-refractivity contribution in [1.29, 1.82) is 0 Å². The lowest BCUT2D eigenvalue weighted by molar-refractivity contribution is 1.18. The summed E-state index contributed by atoms with van der Waals surface area (Å²) < 4.78 is 8.94. The van der Waals surface area contributed by atoms with Crippen LogP contribution in [0, 0.1) is 0 Å². The standard InChI is InChI=1S/C41H23N3S2/c1-2-12-24(13-3-1)43-30-19-7-5-16-28(30)35-37(43)34-27-15-4-8-20-31(27)44(38(34)36-29-18-11-23-42-41(29)46-40(35)36)32-21-10-17-26-25-14-6-9-22-33(25)45-39(26)32/h1-23H. The van der Waals surface area contributed by atoms with Crippen molar-refractivity contribution in [3.8, 4) is 11.4 Å². The van der Waals surface area contributed by atoms with E-state index in [1.165, 1.54) is 84.9 Å². The molecular formula is C41H23N3S2. The van der Waals surface area contributed by atoms with Crippen LogP contribution in [0.2, 0.25) is 0 Å². The second-order valence-electron chi connectivity index (χ2n) is 11.9. The lowest BCUT2D eigenvalue weighted by Crippen LogP contribution is -1.96. The first kappa shape index (κ1) is 24.8. The molecule has 214 valence electrons. The molecule has 0 saturated carbocycles. The van der Waals surface area contributed by atoms with Gasteiger partial charge < -0.3 is 9.13 Å². The molecule has 0 atom stereocenters. The van der Waals surface area contributed by atoms with Crippen LogP contribution < -0.4 is 0 Å². The number of thiophene rings is 2. The quantitative estimate of drug-likeness (QED) is 0.188. The van der Waals surface area contributed by atoms with Crippen LogP contribution in [-0.4, -0.2) is 14.1 Å². The molecule has 46 heavy (non-hydrogen) atoms. The number of benzene rings is 6. The van der Waals surface area contributed by atoms with Crippen molar-refractivity contribution in [3.63, 3.8) is 0 Å². The van der Waals surface area contributed by atoms with Gasteiger partial charge in [0.25, 0.3) is 0 Å². The summed E-state index contributed by atoms with van der Waals surface area (Å²) in [4.78, 5) is 5.99. The first-order chi connectivity index (χ1) is 22.9. The van der Waals surface area contributed by atoms with Gasteiger partial charge in [-0.3, -0.25) is 0 Å². The molecule has 0 unspecified atom stereocenters. The fourth-order valence-electron chi connectivity index (χ4n) is 7.77. The van der Waals surface area contributed by atoms with Crippen molar-refractivity contribution in [1.82, 2.24) is 14.1 Å². The van der Waals surface area contributed by atoms with Gasteiger partial charge in [0.15, 0.2) is 0 Å². The van der Waals surface area contributed by atoms with E-state index in [0.717, 1.165) is 10.5 Å². The number of fused-ring (bicyclic) bond motifs is 15. The second kappa shape index (κ2) is 9.04. The number of hydrogen-bond donors (Lipinski definition) is 0. The van der Waals surface area contributed by atoms with Crippen LogP contribution in [0.15, 0.2) is 140 Å². The zero-order valence-corrected chi connectivity index (χ0v) is 26.1. The Labute approximate surface area is 270 Å². The maximum Gasteiger partial charge on any atom is 0.124 e. The van der Waals surface area contributed by atoms with Gasteiger partial charge in [0, 0.05) is 64.4 Å². The Kier molecular flexibility index (Phi) is 4.87. The van der Waals surface area contributed by atoms with Crippen LogP contribution in [0.3, 0.4) is 0 Å². The van der Waals surface area contributed by atoms with Crippen molar-refractivity contribution in [2.45, 2.75) is 0 Å². The van der Waals surface area contributed by atoms with E-state index in [2.05, 4.69) is 143 Å². The molecule has 0 spiro atoms. The second-order valence-corrected chi connectivity index (χ2v) is 14.0. The average molecular weight is 622 g/mol. The van der Waals surface area contributed by atoms with E-state index in [0.29, 0.717) is 0 Å². The summed E-state index contributed by atoms with van der Waals surface area (Å²) in [6.45, 7) is 0. The third-order valence-corrected chi connectivity index (χ3v) is 11.9. The van der Waals surface area contributed by atoms with Gasteiger partial charge in [-0.05, 0) is 48.5 Å². The van der Waals surface area contributed by atoms with Crippen LogP contribution in [0.4, 0.5) is 0 Å². The molecule has 5 aromatic heterocycles. The van der Waals surface area contributed by atoms with E-state index in [-0.39, 0.29) is 0 Å². The number of aromatic nitrogens is 3. The predicted octanol–water partition coefficient (Wildman–Crippen LogP) is 12.0. The van der Waals surface area contributed by atoms with Crippen LogP contribution in [-0.2, 0) is 0 Å². The maximum absolute atomic E-state index is 4.92. The van der Waals surface area contributed by atoms with E-state index in [9.17, 15) is 0 Å². The first-order valence-corrected chi connectivity index (χ1v) is 17.1. The highest BCUT2D eigenvalue weighted by molar-refractivity contribution is 7.27. The third-order valence-electron chi connectivity index (χ3n) is 9.56. The third kappa shape index (κ3) is 3.09. The Hall–Kier alpha value is -5.49. The minimum atomic E-state index is 1.07. The van der Waals surface area contributed by atoms with Gasteiger partial charge in [-0.2, -0.15) is 0 Å². The highest BCUT2D eigenvalue weighted by atomic mass is 32.1. The minimum absolute atomic E-state index is 1.07. The summed E-state index contributed by atoms with van der Waals surface area (Å²) in [6.07, 6.45) is 1.92. The lowest BCUT2D eigenvalue weighted by Gasteiger charge is -2.12. The fourth-order valence-corrected chi connectivity index (χ4v) is 10.2. The summed E-state index contributed by atoms with van der Waals surface area (Å²) in [5, 5.41) is 10.2. The fraction of sp³-hybridized carbons (Fsp3) is 0. The predicted molar refractivity (Wildman–Crippen MR) is 199 cm³/mol. The Morgan fingerprint density at radius 2 is 1.07 bits per heavy atom. The molecule has 0 bridgehead atoms. The molecule has 0 fully saturated rings. The van der Waals surface area contributed by atoms with Gasteiger partial charge in [-0.25, -0.2) is 4.98 Å². The number of para-hydroxylation sites is 3. The molecule has 11 aromatic rings. The Bertz CT molecular complexity index is 3030. The van der Waals surface area contributed by atoms with Gasteiger partial charge in [-0.1, -0.05) is 84.9 Å². The topological polar surface area (TPSA) is 22.8 Å². The number of hydrogen-bond acceptors (Lipinski definition) is 3. The summed E-state index contributed by atoms with van der Waals surface area (Å²) in [6, 6.07) is 48.6. The van der Waals surface area contributed by atoms with Crippen LogP contribution in [0.1, 0.15) is 0 Å². The van der Waals surface area contributed by atoms with E-state index < -0.39 is 0 Å². The van der Waals surface area contributed by atoms with Crippen LogP contribution >= 0.6 is 22.7 Å². The van der Waals surface area contributed by atoms with E-state index in [1.807, 2.05) is 28.9 Å². The molecule has 3 nitrogen and oxygen atoms in total. The molecule has 0 radical (unpaired) electrons. The Balaban J connectivity index is 1.49. The molecule has 5 heterocycles. The zero-order chi connectivity index (χ0) is 29.9. The molecule has 0 N–H and O–H groups in total. The van der Waals surface area contributed by atoms with E-state index >= 15 is 0 Å². The smallest absolute Gasteiger partial charge is 0.124 e. The van der Waals surface area contributed by atoms with Crippen LogP contribution in [0.5, 0.6) is 0 Å². The van der Waals surface area contributed by atoms with Gasteiger partial charge in [0.05, 0.1) is 32.5 Å². The molecule has 5 heteroatoms. The summed E-state index contributed by atoms with van der Waals surface area (Å²) in [7, 11) is 0. The van der Waals surface area contributed by atoms with Crippen molar-refractivity contribution < 1.29 is 0 Å². The number of pyridine rings is 1. The number of nitrogens with zero attached hydrogens (tertiary/aromatic N) is 3. The summed E-state index contributed by atoms with van der Waals surface area (Å²) in [5.41, 5.74) is 7.30. The summed E-state index contributed by atoms with van der Waals surface area (Å²) >= 11 is 3.70. The van der Waals surface area contributed by atoms with E-state index in [1.54, 1.807) is 0 Å². The molecular weight excluding hydrogens is 599 g/mol. The number of rotatable bonds is 2. The van der Waals surface area contributed by atoms with Gasteiger partial charge >= 0.3 is 0 Å². The van der Waals surface area contributed by atoms with Gasteiger partial charge in [-0.15, -0.1) is 22.7 Å². The Morgan fingerprint density at radius 1 is 0.435 bits per heavy atom. The molecule has 11 rings (SSSR count). The average Bonchev–Trinajstić information content (AvgIpc) is 3.86. The normalized spacial score (nSPS) is 12.3. The highest BCUT2D eigenvalue weighted by Crippen LogP contribution is 2.51. The zero-order valence-electron chi connectivity index (χ0n) is 24.4. The van der Waals surface area contributed by atoms with Crippen molar-refractivity contribution in [2.24, 2.45) is 0 Å². The Morgan fingerprint density at radius 3 is 1.91 bits per heavy atom. The van der Waals surface area contributed by atoms with E-state index in [4.69, 9.17) is 4.98 Å².